The lowest BCUT2D eigenvalue weighted by molar-refractivity contribution is 0.305. The molecule has 0 N–H and O–H groups in total. The Morgan fingerprint density at radius 1 is 1.11 bits per heavy atom. The second-order valence-electron chi connectivity index (χ2n) is 5.85. The first-order valence-electron chi connectivity index (χ1n) is 7.34. The fourth-order valence-corrected chi connectivity index (χ4v) is 3.26. The van der Waals surface area contributed by atoms with Crippen molar-refractivity contribution in [2.24, 2.45) is 0 Å². The van der Waals surface area contributed by atoms with Gasteiger partial charge in [0.15, 0.2) is 0 Å². The molecular weight excluding hydrogens is 236 g/mol. The van der Waals surface area contributed by atoms with Gasteiger partial charge in [-0.25, -0.2) is 4.98 Å². The van der Waals surface area contributed by atoms with Crippen LogP contribution in [0.25, 0.3) is 0 Å². The second kappa shape index (κ2) is 5.47. The molecule has 0 aliphatic carbocycles. The maximum Gasteiger partial charge on any atom is 0.133 e. The molecule has 1 atom stereocenters. The van der Waals surface area contributed by atoms with Crippen molar-refractivity contribution in [1.82, 2.24) is 14.8 Å². The van der Waals surface area contributed by atoms with Gasteiger partial charge in [0.25, 0.3) is 0 Å². The molecule has 0 amide bonds. The fraction of sp³-hybridized carbons (Fsp3) is 0.667. The predicted octanol–water partition coefficient (Wildman–Crippen LogP) is 1.60. The SMILES string of the molecule is CN1CCN(c2ncccc2C2CCCN2C)CC1. The summed E-state index contributed by atoms with van der Waals surface area (Å²) in [5, 5.41) is 0. The number of rotatable bonds is 2. The monoisotopic (exact) mass is 260 g/mol. The van der Waals surface area contributed by atoms with Crippen LogP contribution in [-0.4, -0.2) is 61.6 Å². The second-order valence-corrected chi connectivity index (χ2v) is 5.85. The Labute approximate surface area is 116 Å². The number of hydrogen-bond donors (Lipinski definition) is 0. The van der Waals surface area contributed by atoms with Gasteiger partial charge in [-0.3, -0.25) is 4.90 Å². The Balaban J connectivity index is 1.85. The molecule has 2 saturated heterocycles. The lowest BCUT2D eigenvalue weighted by atomic mass is 10.0. The van der Waals surface area contributed by atoms with E-state index in [9.17, 15) is 0 Å². The van der Waals surface area contributed by atoms with Crippen molar-refractivity contribution in [3.63, 3.8) is 0 Å². The van der Waals surface area contributed by atoms with Gasteiger partial charge in [0.1, 0.15) is 5.82 Å². The molecular formula is C15H24N4. The molecule has 1 unspecified atom stereocenters. The van der Waals surface area contributed by atoms with E-state index in [1.54, 1.807) is 0 Å². The van der Waals surface area contributed by atoms with Crippen LogP contribution in [0.4, 0.5) is 5.82 Å². The van der Waals surface area contributed by atoms with E-state index in [2.05, 4.69) is 45.9 Å². The summed E-state index contributed by atoms with van der Waals surface area (Å²) in [6.45, 7) is 5.67. The van der Waals surface area contributed by atoms with E-state index >= 15 is 0 Å². The van der Waals surface area contributed by atoms with E-state index in [1.807, 2.05) is 6.20 Å². The van der Waals surface area contributed by atoms with Gasteiger partial charge in [0, 0.05) is 44.0 Å². The van der Waals surface area contributed by atoms with Crippen LogP contribution in [0.2, 0.25) is 0 Å². The van der Waals surface area contributed by atoms with Gasteiger partial charge in [0.05, 0.1) is 0 Å². The van der Waals surface area contributed by atoms with E-state index in [0.717, 1.165) is 26.2 Å². The summed E-state index contributed by atoms with van der Waals surface area (Å²) in [5.41, 5.74) is 1.42. The van der Waals surface area contributed by atoms with Crippen LogP contribution < -0.4 is 4.90 Å². The largest absolute Gasteiger partial charge is 0.354 e. The van der Waals surface area contributed by atoms with E-state index in [4.69, 9.17) is 0 Å². The highest BCUT2D eigenvalue weighted by molar-refractivity contribution is 5.49. The number of piperazine rings is 1. The smallest absolute Gasteiger partial charge is 0.133 e. The molecule has 19 heavy (non-hydrogen) atoms. The average Bonchev–Trinajstić information content (AvgIpc) is 2.86. The van der Waals surface area contributed by atoms with Crippen molar-refractivity contribution < 1.29 is 0 Å². The van der Waals surface area contributed by atoms with Crippen molar-refractivity contribution in [3.05, 3.63) is 23.9 Å². The number of likely N-dealkylation sites (N-methyl/N-ethyl adjacent to an activating group) is 1. The summed E-state index contributed by atoms with van der Waals surface area (Å²) < 4.78 is 0. The van der Waals surface area contributed by atoms with Crippen LogP contribution in [0.1, 0.15) is 24.4 Å². The van der Waals surface area contributed by atoms with Gasteiger partial charge in [0.2, 0.25) is 0 Å². The van der Waals surface area contributed by atoms with Crippen molar-refractivity contribution in [2.75, 3.05) is 51.7 Å². The van der Waals surface area contributed by atoms with Crippen molar-refractivity contribution in [1.29, 1.82) is 0 Å². The highest BCUT2D eigenvalue weighted by Crippen LogP contribution is 2.35. The Hall–Kier alpha value is -1.13. The molecule has 0 radical (unpaired) electrons. The summed E-state index contributed by atoms with van der Waals surface area (Å²) in [4.78, 5) is 12.0. The topological polar surface area (TPSA) is 22.6 Å². The molecule has 3 rings (SSSR count). The molecule has 2 fully saturated rings. The zero-order valence-electron chi connectivity index (χ0n) is 12.0. The summed E-state index contributed by atoms with van der Waals surface area (Å²) in [5.74, 6) is 1.22. The highest BCUT2D eigenvalue weighted by atomic mass is 15.3. The molecule has 0 spiro atoms. The average molecular weight is 260 g/mol. The first-order valence-corrected chi connectivity index (χ1v) is 7.34. The highest BCUT2D eigenvalue weighted by Gasteiger charge is 2.27. The summed E-state index contributed by atoms with van der Waals surface area (Å²) in [6, 6.07) is 4.91. The minimum Gasteiger partial charge on any atom is -0.354 e. The molecule has 0 aromatic carbocycles. The molecule has 4 heteroatoms. The van der Waals surface area contributed by atoms with E-state index in [1.165, 1.54) is 30.8 Å². The number of aromatic nitrogens is 1. The quantitative estimate of drug-likeness (QED) is 0.805. The zero-order chi connectivity index (χ0) is 13.2. The van der Waals surface area contributed by atoms with Gasteiger partial charge in [-0.15, -0.1) is 0 Å². The third-order valence-electron chi connectivity index (χ3n) is 4.50. The van der Waals surface area contributed by atoms with E-state index < -0.39 is 0 Å². The standard InChI is InChI=1S/C15H24N4/c1-17-9-11-19(12-10-17)15-13(5-3-7-16-15)14-6-4-8-18(14)2/h3,5,7,14H,4,6,8-12H2,1-2H3. The Kier molecular flexibility index (Phi) is 3.71. The Bertz CT molecular complexity index is 426. The van der Waals surface area contributed by atoms with Gasteiger partial charge in [-0.05, 0) is 39.5 Å². The van der Waals surface area contributed by atoms with E-state index in [-0.39, 0.29) is 0 Å². The van der Waals surface area contributed by atoms with Crippen molar-refractivity contribution >= 4 is 5.82 Å². The minimum atomic E-state index is 0.559. The number of pyridine rings is 1. The molecule has 104 valence electrons. The third kappa shape index (κ3) is 2.60. The van der Waals surface area contributed by atoms with Crippen LogP contribution >= 0.6 is 0 Å². The third-order valence-corrected chi connectivity index (χ3v) is 4.50. The first kappa shape index (κ1) is 12.9. The molecule has 4 nitrogen and oxygen atoms in total. The number of likely N-dealkylation sites (tertiary alicyclic amines) is 1. The molecule has 0 bridgehead atoms. The number of nitrogens with zero attached hydrogens (tertiary/aromatic N) is 4. The lowest BCUT2D eigenvalue weighted by Crippen LogP contribution is -2.45. The maximum absolute atomic E-state index is 4.69. The molecule has 1 aromatic rings. The van der Waals surface area contributed by atoms with Gasteiger partial charge < -0.3 is 9.80 Å². The number of anilines is 1. The van der Waals surface area contributed by atoms with Crippen LogP contribution in [0.3, 0.4) is 0 Å². The Morgan fingerprint density at radius 3 is 2.58 bits per heavy atom. The molecule has 0 saturated carbocycles. The normalized spacial score (nSPS) is 26.0. The Morgan fingerprint density at radius 2 is 1.89 bits per heavy atom. The summed E-state index contributed by atoms with van der Waals surface area (Å²) >= 11 is 0. The molecule has 2 aliphatic heterocycles. The van der Waals surface area contributed by atoms with Crippen LogP contribution in [0.15, 0.2) is 18.3 Å². The van der Waals surface area contributed by atoms with Crippen molar-refractivity contribution in [3.8, 4) is 0 Å². The minimum absolute atomic E-state index is 0.559. The van der Waals surface area contributed by atoms with Crippen LogP contribution in [-0.2, 0) is 0 Å². The summed E-state index contributed by atoms with van der Waals surface area (Å²) in [7, 11) is 4.43. The molecule has 3 heterocycles. The first-order chi connectivity index (χ1) is 9.25. The van der Waals surface area contributed by atoms with Crippen LogP contribution in [0, 0.1) is 0 Å². The van der Waals surface area contributed by atoms with Crippen LogP contribution in [0.5, 0.6) is 0 Å². The molecule has 2 aliphatic rings. The number of hydrogen-bond acceptors (Lipinski definition) is 4. The van der Waals surface area contributed by atoms with Gasteiger partial charge in [-0.2, -0.15) is 0 Å². The molecule has 1 aromatic heterocycles. The fourth-order valence-electron chi connectivity index (χ4n) is 3.26. The maximum atomic E-state index is 4.69. The van der Waals surface area contributed by atoms with Gasteiger partial charge in [-0.1, -0.05) is 6.07 Å². The summed E-state index contributed by atoms with van der Waals surface area (Å²) in [6.07, 6.45) is 4.51. The predicted molar refractivity (Wildman–Crippen MR) is 78.6 cm³/mol. The van der Waals surface area contributed by atoms with E-state index in [0.29, 0.717) is 6.04 Å². The van der Waals surface area contributed by atoms with Gasteiger partial charge >= 0.3 is 0 Å². The van der Waals surface area contributed by atoms with Crippen molar-refractivity contribution in [2.45, 2.75) is 18.9 Å². The lowest BCUT2D eigenvalue weighted by Gasteiger charge is -2.35. The zero-order valence-corrected chi connectivity index (χ0v) is 12.0.